The minimum atomic E-state index is -4.03. The van der Waals surface area contributed by atoms with Crippen LogP contribution in [0.3, 0.4) is 0 Å². The Morgan fingerprint density at radius 1 is 0.875 bits per heavy atom. The van der Waals surface area contributed by atoms with Gasteiger partial charge in [0.05, 0.1) is 22.8 Å². The Labute approximate surface area is 185 Å². The molecule has 0 heterocycles. The van der Waals surface area contributed by atoms with Crippen molar-refractivity contribution in [1.29, 1.82) is 0 Å². The Hall–Kier alpha value is -3.65. The van der Waals surface area contributed by atoms with E-state index in [1.807, 2.05) is 12.1 Å². The van der Waals surface area contributed by atoms with Gasteiger partial charge in [-0.3, -0.25) is 9.59 Å². The van der Waals surface area contributed by atoms with Gasteiger partial charge in [-0.1, -0.05) is 42.5 Å². The van der Waals surface area contributed by atoms with Crippen molar-refractivity contribution in [2.24, 2.45) is 0 Å². The van der Waals surface area contributed by atoms with Crippen LogP contribution in [0, 0.1) is 0 Å². The number of carbonyl (C=O) groups is 2. The van der Waals surface area contributed by atoms with Gasteiger partial charge in [-0.05, 0) is 53.4 Å². The van der Waals surface area contributed by atoms with Gasteiger partial charge >= 0.3 is 11.9 Å². The van der Waals surface area contributed by atoms with Crippen molar-refractivity contribution in [1.82, 2.24) is 0 Å². The summed E-state index contributed by atoms with van der Waals surface area (Å²) in [6.45, 7) is 0. The van der Waals surface area contributed by atoms with E-state index in [9.17, 15) is 23.1 Å². The van der Waals surface area contributed by atoms with Crippen LogP contribution >= 0.6 is 0 Å². The fraction of sp³-hybridized carbons (Fsp3) is 0.167. The second-order valence-corrected chi connectivity index (χ2v) is 9.04. The Balaban J connectivity index is 1.97. The van der Waals surface area contributed by atoms with Crippen LogP contribution in [-0.2, 0) is 19.4 Å². The Kier molecular flexibility index (Phi) is 6.95. The number of carboxylic acid groups (broad SMARTS) is 2. The fourth-order valence-electron chi connectivity index (χ4n) is 3.43. The number of aliphatic carboxylic acids is 2. The number of carboxylic acids is 2. The van der Waals surface area contributed by atoms with Gasteiger partial charge in [-0.2, -0.15) is 0 Å². The maximum atomic E-state index is 13.3. The predicted octanol–water partition coefficient (Wildman–Crippen LogP) is 4.23. The smallest absolute Gasteiger partial charge is 0.311 e. The number of methoxy groups -OCH3 is 1. The van der Waals surface area contributed by atoms with Gasteiger partial charge in [-0.25, -0.2) is 8.42 Å². The molecule has 3 rings (SSSR count). The van der Waals surface area contributed by atoms with Crippen LogP contribution in [0.25, 0.3) is 11.1 Å². The topological polar surface area (TPSA) is 118 Å². The number of sulfone groups is 1. The quantitative estimate of drug-likeness (QED) is 0.497. The van der Waals surface area contributed by atoms with Crippen LogP contribution in [-0.4, -0.2) is 37.7 Å². The van der Waals surface area contributed by atoms with E-state index in [0.29, 0.717) is 5.75 Å². The molecule has 0 radical (unpaired) electrons. The SMILES string of the molecule is COc1ccc(-c2ccc(S(=O)(=O)c3ccccc3C(CCC(=O)O)C(=O)O)cc2)cc1. The van der Waals surface area contributed by atoms with Gasteiger partial charge in [-0.15, -0.1) is 0 Å². The maximum absolute atomic E-state index is 13.3. The van der Waals surface area contributed by atoms with Crippen LogP contribution in [0.15, 0.2) is 82.6 Å². The first-order valence-corrected chi connectivity index (χ1v) is 11.3. The molecule has 0 aliphatic carbocycles. The normalized spacial score (nSPS) is 12.2. The zero-order valence-electron chi connectivity index (χ0n) is 17.3. The van der Waals surface area contributed by atoms with Gasteiger partial charge in [0.15, 0.2) is 0 Å². The second kappa shape index (κ2) is 9.65. The zero-order valence-corrected chi connectivity index (χ0v) is 18.1. The minimum absolute atomic E-state index is 0.0181. The van der Waals surface area contributed by atoms with Crippen molar-refractivity contribution in [2.75, 3.05) is 7.11 Å². The van der Waals surface area contributed by atoms with Gasteiger partial charge in [0.2, 0.25) is 9.84 Å². The minimum Gasteiger partial charge on any atom is -0.497 e. The average Bonchev–Trinajstić information content (AvgIpc) is 2.79. The molecule has 1 atom stereocenters. The van der Waals surface area contributed by atoms with Crippen molar-refractivity contribution in [3.63, 3.8) is 0 Å². The molecule has 0 saturated heterocycles. The number of hydrogen-bond donors (Lipinski definition) is 2. The van der Waals surface area contributed by atoms with Crippen molar-refractivity contribution in [3.05, 3.63) is 78.4 Å². The third kappa shape index (κ3) is 4.97. The summed E-state index contributed by atoms with van der Waals surface area (Å²) in [6, 6.07) is 19.4. The van der Waals surface area contributed by atoms with E-state index in [2.05, 4.69) is 0 Å². The lowest BCUT2D eigenvalue weighted by Gasteiger charge is -2.17. The summed E-state index contributed by atoms with van der Waals surface area (Å²) in [7, 11) is -2.45. The summed E-state index contributed by atoms with van der Waals surface area (Å²) in [5.74, 6) is -2.97. The third-order valence-electron chi connectivity index (χ3n) is 5.12. The number of rotatable bonds is 9. The van der Waals surface area contributed by atoms with Crippen LogP contribution in [0.2, 0.25) is 0 Å². The molecule has 3 aromatic carbocycles. The Morgan fingerprint density at radius 3 is 1.97 bits per heavy atom. The molecule has 0 saturated carbocycles. The molecule has 0 spiro atoms. The van der Waals surface area contributed by atoms with E-state index in [0.717, 1.165) is 11.1 Å². The predicted molar refractivity (Wildman–Crippen MR) is 118 cm³/mol. The molecule has 3 aromatic rings. The van der Waals surface area contributed by atoms with E-state index in [1.54, 1.807) is 31.4 Å². The Morgan fingerprint density at radius 2 is 1.44 bits per heavy atom. The first-order valence-electron chi connectivity index (χ1n) is 9.77. The highest BCUT2D eigenvalue weighted by Gasteiger charge is 2.29. The monoisotopic (exact) mass is 454 g/mol. The number of ether oxygens (including phenoxy) is 1. The molecule has 0 bridgehead atoms. The summed E-state index contributed by atoms with van der Waals surface area (Å²) in [6.07, 6.45) is -0.602. The summed E-state index contributed by atoms with van der Waals surface area (Å²) >= 11 is 0. The zero-order chi connectivity index (χ0) is 23.3. The van der Waals surface area contributed by atoms with E-state index in [-0.39, 0.29) is 28.2 Å². The standard InChI is InChI=1S/C24H22O7S/c1-31-18-10-6-16(7-11-18)17-8-12-19(13-9-17)32(29,30)22-5-3-2-4-20(22)21(24(27)28)14-15-23(25)26/h2-13,21H,14-15H2,1H3,(H,25,26)(H,27,28). The molecule has 0 amide bonds. The van der Waals surface area contributed by atoms with E-state index < -0.39 is 27.7 Å². The molecule has 0 aliphatic heterocycles. The first-order chi connectivity index (χ1) is 15.2. The summed E-state index contributed by atoms with van der Waals surface area (Å²) in [5, 5.41) is 18.5. The molecule has 1 unspecified atom stereocenters. The number of hydrogen-bond acceptors (Lipinski definition) is 5. The molecule has 0 aromatic heterocycles. The highest BCUT2D eigenvalue weighted by Crippen LogP contribution is 2.33. The van der Waals surface area contributed by atoms with E-state index in [1.165, 1.54) is 36.4 Å². The highest BCUT2D eigenvalue weighted by molar-refractivity contribution is 7.91. The Bertz CT molecular complexity index is 1210. The van der Waals surface area contributed by atoms with Crippen LogP contribution < -0.4 is 4.74 Å². The van der Waals surface area contributed by atoms with E-state index >= 15 is 0 Å². The molecule has 0 aliphatic rings. The van der Waals surface area contributed by atoms with Gasteiger partial charge < -0.3 is 14.9 Å². The molecule has 0 fully saturated rings. The fourth-order valence-corrected chi connectivity index (χ4v) is 4.96. The molecule has 7 nitrogen and oxygen atoms in total. The van der Waals surface area contributed by atoms with Gasteiger partial charge in [0, 0.05) is 6.42 Å². The lowest BCUT2D eigenvalue weighted by atomic mass is 9.94. The molecular weight excluding hydrogens is 432 g/mol. The first kappa shape index (κ1) is 23.0. The molecule has 166 valence electrons. The summed E-state index contributed by atoms with van der Waals surface area (Å²) in [4.78, 5) is 22.6. The van der Waals surface area contributed by atoms with Crippen LogP contribution in [0.4, 0.5) is 0 Å². The maximum Gasteiger partial charge on any atom is 0.311 e. The van der Waals surface area contributed by atoms with Crippen LogP contribution in [0.1, 0.15) is 24.3 Å². The molecular formula is C24H22O7S. The lowest BCUT2D eigenvalue weighted by molar-refractivity contribution is -0.140. The van der Waals surface area contributed by atoms with E-state index in [4.69, 9.17) is 9.84 Å². The van der Waals surface area contributed by atoms with Crippen molar-refractivity contribution in [3.8, 4) is 16.9 Å². The van der Waals surface area contributed by atoms with Gasteiger partial charge in [0.1, 0.15) is 5.75 Å². The summed E-state index contributed by atoms with van der Waals surface area (Å²) < 4.78 is 31.8. The number of benzene rings is 3. The molecule has 32 heavy (non-hydrogen) atoms. The van der Waals surface area contributed by atoms with Crippen molar-refractivity contribution >= 4 is 21.8 Å². The van der Waals surface area contributed by atoms with Crippen LogP contribution in [0.5, 0.6) is 5.75 Å². The van der Waals surface area contributed by atoms with Crippen molar-refractivity contribution < 1.29 is 33.0 Å². The lowest BCUT2D eigenvalue weighted by Crippen LogP contribution is -2.17. The largest absolute Gasteiger partial charge is 0.497 e. The van der Waals surface area contributed by atoms with Gasteiger partial charge in [0.25, 0.3) is 0 Å². The van der Waals surface area contributed by atoms with Crippen molar-refractivity contribution in [2.45, 2.75) is 28.6 Å². The average molecular weight is 455 g/mol. The summed E-state index contributed by atoms with van der Waals surface area (Å²) in [5.41, 5.74) is 1.76. The second-order valence-electron chi connectivity index (χ2n) is 7.12. The highest BCUT2D eigenvalue weighted by atomic mass is 32.2. The third-order valence-corrected chi connectivity index (χ3v) is 6.96. The molecule has 2 N–H and O–H groups in total. The molecule has 8 heteroatoms.